The van der Waals surface area contributed by atoms with Crippen LogP contribution >= 0.6 is 12.2 Å². The molecule has 1 unspecified atom stereocenters. The predicted octanol–water partition coefficient (Wildman–Crippen LogP) is 3.28. The molecule has 0 aliphatic rings. The molecule has 3 nitrogen and oxygen atoms in total. The Balaban J connectivity index is 2.58. The lowest BCUT2D eigenvalue weighted by Crippen LogP contribution is -2.11. The van der Waals surface area contributed by atoms with Crippen LogP contribution in [0, 0.1) is 5.92 Å². The summed E-state index contributed by atoms with van der Waals surface area (Å²) in [6.07, 6.45) is 2.39. The van der Waals surface area contributed by atoms with Crippen molar-refractivity contribution >= 4 is 17.2 Å². The van der Waals surface area contributed by atoms with Crippen LogP contribution in [0.15, 0.2) is 18.2 Å². The molecule has 0 fully saturated rings. The first-order valence-electron chi connectivity index (χ1n) is 6.63. The fourth-order valence-electron chi connectivity index (χ4n) is 1.98. The summed E-state index contributed by atoms with van der Waals surface area (Å²) in [5, 5.41) is 0. The molecule has 1 atom stereocenters. The van der Waals surface area contributed by atoms with Gasteiger partial charge in [0.15, 0.2) is 0 Å². The van der Waals surface area contributed by atoms with Gasteiger partial charge in [-0.25, -0.2) is 0 Å². The molecule has 0 aromatic heterocycles. The second-order valence-electron chi connectivity index (χ2n) is 4.81. The van der Waals surface area contributed by atoms with Gasteiger partial charge in [-0.1, -0.05) is 38.6 Å². The maximum absolute atomic E-state index is 5.71. The summed E-state index contributed by atoms with van der Waals surface area (Å²) >= 11 is 4.98. The lowest BCUT2D eigenvalue weighted by molar-refractivity contribution is 0.0892. The Morgan fingerprint density at radius 1 is 1.42 bits per heavy atom. The Morgan fingerprint density at radius 2 is 2.16 bits per heavy atom. The molecule has 0 bridgehead atoms. The lowest BCUT2D eigenvalue weighted by atomic mass is 10.1. The van der Waals surface area contributed by atoms with Gasteiger partial charge in [0.1, 0.15) is 10.7 Å². The Morgan fingerprint density at radius 3 is 2.74 bits per heavy atom. The first kappa shape index (κ1) is 15.9. The van der Waals surface area contributed by atoms with Gasteiger partial charge in [0.25, 0.3) is 0 Å². The smallest absolute Gasteiger partial charge is 0.129 e. The molecular formula is C15H23NO2S. The summed E-state index contributed by atoms with van der Waals surface area (Å²) in [6.45, 7) is 5.77. The van der Waals surface area contributed by atoms with Crippen molar-refractivity contribution in [2.45, 2.75) is 33.3 Å². The summed E-state index contributed by atoms with van der Waals surface area (Å²) in [5.74, 6) is 1.30. The number of thiocarbonyl (C=S) groups is 1. The average molecular weight is 281 g/mol. The third kappa shape index (κ3) is 5.17. The van der Waals surface area contributed by atoms with Gasteiger partial charge in [-0.3, -0.25) is 0 Å². The molecular weight excluding hydrogens is 258 g/mol. The van der Waals surface area contributed by atoms with E-state index in [1.165, 1.54) is 12.8 Å². The molecule has 0 amide bonds. The van der Waals surface area contributed by atoms with Crippen LogP contribution in [-0.4, -0.2) is 18.7 Å². The number of hydrogen-bond donors (Lipinski definition) is 1. The summed E-state index contributed by atoms with van der Waals surface area (Å²) in [4.78, 5) is 0.348. The van der Waals surface area contributed by atoms with Crippen LogP contribution in [0.5, 0.6) is 5.75 Å². The van der Waals surface area contributed by atoms with Crippen LogP contribution in [0.2, 0.25) is 0 Å². The molecule has 19 heavy (non-hydrogen) atoms. The Labute approximate surface area is 121 Å². The van der Waals surface area contributed by atoms with Gasteiger partial charge < -0.3 is 15.2 Å². The van der Waals surface area contributed by atoms with Gasteiger partial charge in [-0.2, -0.15) is 0 Å². The fourth-order valence-corrected chi connectivity index (χ4v) is 2.15. The molecule has 106 valence electrons. The molecule has 0 heterocycles. The third-order valence-electron chi connectivity index (χ3n) is 2.98. The number of benzene rings is 1. The van der Waals surface area contributed by atoms with E-state index in [-0.39, 0.29) is 0 Å². The third-order valence-corrected chi connectivity index (χ3v) is 3.20. The molecule has 0 aliphatic heterocycles. The zero-order chi connectivity index (χ0) is 14.3. The van der Waals surface area contributed by atoms with E-state index in [1.807, 2.05) is 18.2 Å². The lowest BCUT2D eigenvalue weighted by Gasteiger charge is -2.12. The van der Waals surface area contributed by atoms with Crippen molar-refractivity contribution in [3.05, 3.63) is 29.3 Å². The first-order chi connectivity index (χ1) is 9.08. The summed E-state index contributed by atoms with van der Waals surface area (Å²) in [6, 6.07) is 5.79. The van der Waals surface area contributed by atoms with Crippen molar-refractivity contribution < 1.29 is 9.47 Å². The Kier molecular flexibility index (Phi) is 6.81. The molecule has 0 spiro atoms. The maximum atomic E-state index is 5.71. The maximum Gasteiger partial charge on any atom is 0.129 e. The molecule has 1 rings (SSSR count). The number of methoxy groups -OCH3 is 1. The van der Waals surface area contributed by atoms with E-state index in [2.05, 4.69) is 13.8 Å². The SMILES string of the molecule is CCCC(C)COCc1ccc(C(N)=S)c(OC)c1. The highest BCUT2D eigenvalue weighted by molar-refractivity contribution is 7.80. The van der Waals surface area contributed by atoms with E-state index in [0.717, 1.165) is 17.7 Å². The molecule has 0 saturated carbocycles. The van der Waals surface area contributed by atoms with Crippen LogP contribution in [0.25, 0.3) is 0 Å². The van der Waals surface area contributed by atoms with Crippen molar-refractivity contribution in [1.29, 1.82) is 0 Å². The van der Waals surface area contributed by atoms with E-state index in [0.29, 0.717) is 23.3 Å². The summed E-state index contributed by atoms with van der Waals surface area (Å²) < 4.78 is 11.0. The minimum Gasteiger partial charge on any atom is -0.496 e. The molecule has 2 N–H and O–H groups in total. The molecule has 1 aromatic carbocycles. The van der Waals surface area contributed by atoms with Crippen LogP contribution in [-0.2, 0) is 11.3 Å². The molecule has 0 aliphatic carbocycles. The predicted molar refractivity (Wildman–Crippen MR) is 82.6 cm³/mol. The van der Waals surface area contributed by atoms with Crippen LogP contribution in [0.3, 0.4) is 0 Å². The van der Waals surface area contributed by atoms with Gasteiger partial charge in [-0.15, -0.1) is 0 Å². The monoisotopic (exact) mass is 281 g/mol. The van der Waals surface area contributed by atoms with Gasteiger partial charge in [0, 0.05) is 6.61 Å². The average Bonchev–Trinajstić information content (AvgIpc) is 2.38. The first-order valence-corrected chi connectivity index (χ1v) is 7.03. The highest BCUT2D eigenvalue weighted by Gasteiger charge is 2.07. The van der Waals surface area contributed by atoms with Gasteiger partial charge in [0.2, 0.25) is 0 Å². The minimum atomic E-state index is 0.348. The van der Waals surface area contributed by atoms with Crippen LogP contribution in [0.1, 0.15) is 37.8 Å². The number of ether oxygens (including phenoxy) is 2. The van der Waals surface area contributed by atoms with Crippen molar-refractivity contribution in [2.24, 2.45) is 11.7 Å². The van der Waals surface area contributed by atoms with Gasteiger partial charge >= 0.3 is 0 Å². The molecule has 4 heteroatoms. The summed E-state index contributed by atoms with van der Waals surface area (Å²) in [7, 11) is 1.62. The van der Waals surface area contributed by atoms with Crippen molar-refractivity contribution in [3.63, 3.8) is 0 Å². The normalized spacial score (nSPS) is 12.2. The zero-order valence-corrected chi connectivity index (χ0v) is 12.8. The van der Waals surface area contributed by atoms with Gasteiger partial charge in [-0.05, 0) is 30.0 Å². The fraction of sp³-hybridized carbons (Fsp3) is 0.533. The van der Waals surface area contributed by atoms with E-state index in [1.54, 1.807) is 7.11 Å². The highest BCUT2D eigenvalue weighted by atomic mass is 32.1. The van der Waals surface area contributed by atoms with E-state index in [9.17, 15) is 0 Å². The number of nitrogens with two attached hydrogens (primary N) is 1. The van der Waals surface area contributed by atoms with Gasteiger partial charge in [0.05, 0.1) is 19.3 Å². The van der Waals surface area contributed by atoms with E-state index in [4.69, 9.17) is 27.4 Å². The standard InChI is InChI=1S/C15H23NO2S/c1-4-5-11(2)9-18-10-12-6-7-13(15(16)19)14(8-12)17-3/h6-8,11H,4-5,9-10H2,1-3H3,(H2,16,19). The Hall–Kier alpha value is -1.13. The largest absolute Gasteiger partial charge is 0.496 e. The van der Waals surface area contributed by atoms with E-state index < -0.39 is 0 Å². The van der Waals surface area contributed by atoms with E-state index >= 15 is 0 Å². The van der Waals surface area contributed by atoms with Crippen molar-refractivity contribution in [2.75, 3.05) is 13.7 Å². The Bertz CT molecular complexity index is 421. The summed E-state index contributed by atoms with van der Waals surface area (Å²) in [5.41, 5.74) is 7.47. The molecule has 0 radical (unpaired) electrons. The number of hydrogen-bond acceptors (Lipinski definition) is 3. The topological polar surface area (TPSA) is 44.5 Å². The van der Waals surface area contributed by atoms with Crippen molar-refractivity contribution in [1.82, 2.24) is 0 Å². The van der Waals surface area contributed by atoms with Crippen LogP contribution < -0.4 is 10.5 Å². The van der Waals surface area contributed by atoms with Crippen molar-refractivity contribution in [3.8, 4) is 5.75 Å². The molecule has 1 aromatic rings. The quantitative estimate of drug-likeness (QED) is 0.743. The molecule has 0 saturated heterocycles. The number of rotatable bonds is 8. The minimum absolute atomic E-state index is 0.348. The zero-order valence-electron chi connectivity index (χ0n) is 11.9. The second-order valence-corrected chi connectivity index (χ2v) is 5.25. The highest BCUT2D eigenvalue weighted by Crippen LogP contribution is 2.21. The second kappa shape index (κ2) is 8.12. The van der Waals surface area contributed by atoms with Crippen LogP contribution in [0.4, 0.5) is 0 Å².